The number of benzene rings is 1. The van der Waals surface area contributed by atoms with Gasteiger partial charge < -0.3 is 10.1 Å². The number of hydrogen-bond acceptors (Lipinski definition) is 3. The summed E-state index contributed by atoms with van der Waals surface area (Å²) in [5, 5.41) is 7.37. The predicted octanol–water partition coefficient (Wildman–Crippen LogP) is 2.88. The summed E-state index contributed by atoms with van der Waals surface area (Å²) in [6.45, 7) is 2.16. The van der Waals surface area contributed by atoms with Crippen molar-refractivity contribution in [2.45, 2.75) is 19.4 Å². The molecule has 1 aromatic carbocycles. The molecule has 0 amide bonds. The maximum atomic E-state index is 5.77. The van der Waals surface area contributed by atoms with Crippen LogP contribution < -0.4 is 10.1 Å². The van der Waals surface area contributed by atoms with Gasteiger partial charge in [-0.3, -0.25) is 4.68 Å². The first-order valence-electron chi connectivity index (χ1n) is 6.16. The molecule has 0 fully saturated rings. The van der Waals surface area contributed by atoms with E-state index in [2.05, 4.69) is 29.5 Å². The van der Waals surface area contributed by atoms with Gasteiger partial charge in [0.2, 0.25) is 0 Å². The average molecular weight is 245 g/mol. The number of hydrogen-bond donors (Lipinski definition) is 1. The van der Waals surface area contributed by atoms with Gasteiger partial charge in [-0.15, -0.1) is 0 Å². The van der Waals surface area contributed by atoms with Crippen molar-refractivity contribution < 1.29 is 4.74 Å². The van der Waals surface area contributed by atoms with E-state index in [0.29, 0.717) is 6.04 Å². The molecule has 4 nitrogen and oxygen atoms in total. The van der Waals surface area contributed by atoms with Gasteiger partial charge in [0.25, 0.3) is 0 Å². The van der Waals surface area contributed by atoms with E-state index >= 15 is 0 Å². The molecule has 0 aliphatic rings. The summed E-state index contributed by atoms with van der Waals surface area (Å²) >= 11 is 0. The highest BCUT2D eigenvalue weighted by Crippen LogP contribution is 2.25. The Morgan fingerprint density at radius 3 is 2.83 bits per heavy atom. The molecular weight excluding hydrogens is 226 g/mol. The third kappa shape index (κ3) is 2.90. The van der Waals surface area contributed by atoms with Crippen LogP contribution in [0.5, 0.6) is 11.5 Å². The first kappa shape index (κ1) is 12.6. The molecule has 2 aromatic rings. The number of aryl methyl sites for hydroxylation is 1. The van der Waals surface area contributed by atoms with Gasteiger partial charge in [0.1, 0.15) is 5.75 Å². The first-order chi connectivity index (χ1) is 8.72. The fourth-order valence-corrected chi connectivity index (χ4v) is 1.99. The summed E-state index contributed by atoms with van der Waals surface area (Å²) in [7, 11) is 3.85. The van der Waals surface area contributed by atoms with Crippen molar-refractivity contribution in [2.75, 3.05) is 7.05 Å². The molecule has 0 bridgehead atoms. The minimum atomic E-state index is 0.363. The third-order valence-corrected chi connectivity index (χ3v) is 2.93. The van der Waals surface area contributed by atoms with Crippen molar-refractivity contribution in [2.24, 2.45) is 7.05 Å². The fourth-order valence-electron chi connectivity index (χ4n) is 1.99. The number of rotatable bonds is 5. The van der Waals surface area contributed by atoms with Crippen molar-refractivity contribution in [3.63, 3.8) is 0 Å². The Bertz CT molecular complexity index is 503. The van der Waals surface area contributed by atoms with E-state index < -0.39 is 0 Å². The maximum absolute atomic E-state index is 5.77. The molecular formula is C14H19N3O. The first-order valence-corrected chi connectivity index (χ1v) is 6.16. The molecule has 1 atom stereocenters. The van der Waals surface area contributed by atoms with E-state index in [9.17, 15) is 0 Å². The van der Waals surface area contributed by atoms with Gasteiger partial charge in [-0.2, -0.15) is 5.10 Å². The van der Waals surface area contributed by atoms with Crippen LogP contribution >= 0.6 is 0 Å². The van der Waals surface area contributed by atoms with Gasteiger partial charge in [-0.25, -0.2) is 0 Å². The van der Waals surface area contributed by atoms with E-state index in [0.717, 1.165) is 17.9 Å². The lowest BCUT2D eigenvalue weighted by molar-refractivity contribution is 0.478. The molecule has 96 valence electrons. The van der Waals surface area contributed by atoms with Gasteiger partial charge in [-0.05, 0) is 31.2 Å². The van der Waals surface area contributed by atoms with Crippen LogP contribution in [0, 0.1) is 0 Å². The summed E-state index contributed by atoms with van der Waals surface area (Å²) in [6, 6.07) is 8.51. The molecule has 0 saturated heterocycles. The number of nitrogens with zero attached hydrogens (tertiary/aromatic N) is 2. The van der Waals surface area contributed by atoms with Crippen LogP contribution in [0.15, 0.2) is 36.7 Å². The molecule has 1 unspecified atom stereocenters. The van der Waals surface area contributed by atoms with Gasteiger partial charge in [-0.1, -0.05) is 19.1 Å². The molecule has 0 saturated carbocycles. The number of ether oxygens (including phenoxy) is 1. The zero-order chi connectivity index (χ0) is 13.0. The van der Waals surface area contributed by atoms with Crippen LogP contribution in [-0.4, -0.2) is 16.8 Å². The Labute approximate surface area is 108 Å². The Balaban J connectivity index is 2.16. The third-order valence-electron chi connectivity index (χ3n) is 2.93. The lowest BCUT2D eigenvalue weighted by Gasteiger charge is -2.15. The monoisotopic (exact) mass is 245 g/mol. The summed E-state index contributed by atoms with van der Waals surface area (Å²) in [5.74, 6) is 1.60. The summed E-state index contributed by atoms with van der Waals surface area (Å²) < 4.78 is 7.49. The maximum Gasteiger partial charge on any atom is 0.165 e. The van der Waals surface area contributed by atoms with Crippen molar-refractivity contribution in [1.82, 2.24) is 15.1 Å². The zero-order valence-electron chi connectivity index (χ0n) is 11.1. The number of nitrogens with one attached hydrogen (secondary N) is 1. The molecule has 2 rings (SSSR count). The molecule has 1 aromatic heterocycles. The Morgan fingerprint density at radius 1 is 1.39 bits per heavy atom. The van der Waals surface area contributed by atoms with Crippen LogP contribution in [0.1, 0.15) is 24.9 Å². The highest BCUT2D eigenvalue weighted by atomic mass is 16.5. The molecule has 18 heavy (non-hydrogen) atoms. The highest BCUT2D eigenvalue weighted by Gasteiger charge is 2.08. The van der Waals surface area contributed by atoms with Gasteiger partial charge in [0.05, 0.1) is 12.4 Å². The molecule has 0 spiro atoms. The molecule has 0 aliphatic heterocycles. The molecule has 0 aliphatic carbocycles. The molecule has 1 heterocycles. The lowest BCUT2D eigenvalue weighted by atomic mass is 10.0. The normalized spacial score (nSPS) is 12.4. The average Bonchev–Trinajstić information content (AvgIpc) is 2.77. The summed E-state index contributed by atoms with van der Waals surface area (Å²) in [5.41, 5.74) is 1.24. The van der Waals surface area contributed by atoms with E-state index in [4.69, 9.17) is 4.74 Å². The van der Waals surface area contributed by atoms with Crippen molar-refractivity contribution in [3.05, 3.63) is 42.2 Å². The quantitative estimate of drug-likeness (QED) is 0.880. The van der Waals surface area contributed by atoms with E-state index in [1.165, 1.54) is 5.56 Å². The van der Waals surface area contributed by atoms with E-state index in [-0.39, 0.29) is 0 Å². The largest absolute Gasteiger partial charge is 0.454 e. The van der Waals surface area contributed by atoms with Gasteiger partial charge in [0, 0.05) is 13.1 Å². The standard InChI is InChI=1S/C14H19N3O/c1-4-14(15-2)11-6-5-7-12(8-11)18-13-9-16-17(3)10-13/h5-10,14-15H,4H2,1-3H3. The zero-order valence-corrected chi connectivity index (χ0v) is 11.1. The second-order valence-electron chi connectivity index (χ2n) is 4.27. The van der Waals surface area contributed by atoms with Crippen LogP contribution in [0.3, 0.4) is 0 Å². The lowest BCUT2D eigenvalue weighted by Crippen LogP contribution is -2.14. The minimum Gasteiger partial charge on any atom is -0.454 e. The molecule has 4 heteroatoms. The predicted molar refractivity (Wildman–Crippen MR) is 71.8 cm³/mol. The highest BCUT2D eigenvalue weighted by molar-refractivity contribution is 5.33. The second-order valence-corrected chi connectivity index (χ2v) is 4.27. The summed E-state index contributed by atoms with van der Waals surface area (Å²) in [6.07, 6.45) is 4.61. The minimum absolute atomic E-state index is 0.363. The van der Waals surface area contributed by atoms with Crippen LogP contribution in [0.4, 0.5) is 0 Å². The van der Waals surface area contributed by atoms with Crippen molar-refractivity contribution in [1.29, 1.82) is 0 Å². The SMILES string of the molecule is CCC(NC)c1cccc(Oc2cnn(C)c2)c1. The number of aromatic nitrogens is 2. The Kier molecular flexibility index (Phi) is 3.99. The van der Waals surface area contributed by atoms with E-state index in [1.54, 1.807) is 10.9 Å². The van der Waals surface area contributed by atoms with Crippen LogP contribution in [0.2, 0.25) is 0 Å². The van der Waals surface area contributed by atoms with Crippen molar-refractivity contribution in [3.8, 4) is 11.5 Å². The fraction of sp³-hybridized carbons (Fsp3) is 0.357. The van der Waals surface area contributed by atoms with Crippen molar-refractivity contribution >= 4 is 0 Å². The van der Waals surface area contributed by atoms with E-state index in [1.807, 2.05) is 32.4 Å². The Morgan fingerprint density at radius 2 is 2.22 bits per heavy atom. The second kappa shape index (κ2) is 5.69. The smallest absolute Gasteiger partial charge is 0.165 e. The van der Waals surface area contributed by atoms with Crippen LogP contribution in [0.25, 0.3) is 0 Å². The Hall–Kier alpha value is -1.81. The van der Waals surface area contributed by atoms with Gasteiger partial charge >= 0.3 is 0 Å². The molecule has 0 radical (unpaired) electrons. The molecule has 1 N–H and O–H groups in total. The topological polar surface area (TPSA) is 39.1 Å². The summed E-state index contributed by atoms with van der Waals surface area (Å²) in [4.78, 5) is 0. The van der Waals surface area contributed by atoms with Crippen LogP contribution in [-0.2, 0) is 7.05 Å². The van der Waals surface area contributed by atoms with Gasteiger partial charge in [0.15, 0.2) is 5.75 Å².